The quantitative estimate of drug-likeness (QED) is 0.119. The van der Waals surface area contributed by atoms with Crippen LogP contribution >= 0.6 is 0 Å². The Morgan fingerprint density at radius 3 is 1.88 bits per heavy atom. The van der Waals surface area contributed by atoms with Crippen LogP contribution in [0.3, 0.4) is 0 Å². The number of nitrogens with zero attached hydrogens (tertiary/aromatic N) is 2. The maximum absolute atomic E-state index is 6.70. The number of para-hydroxylation sites is 2. The third-order valence-electron chi connectivity index (χ3n) is 12.9. The van der Waals surface area contributed by atoms with Gasteiger partial charge in [0.05, 0.1) is 22.6 Å². The summed E-state index contributed by atoms with van der Waals surface area (Å²) >= 11 is 0. The zero-order valence-corrected chi connectivity index (χ0v) is 35.7. The lowest BCUT2D eigenvalue weighted by Crippen LogP contribution is -2.05. The Bertz CT molecular complexity index is 3680. The van der Waals surface area contributed by atoms with Gasteiger partial charge < -0.3 is 4.42 Å². The average Bonchev–Trinajstić information content (AvgIpc) is 3.67. The SMILES string of the molecule is C=C1CC(c2ccccc2)=NC(c2ccc(-c3ccccc3)cc2)=CC1c1cc(-c2cc(-c3ccccc3)c3c(ccc4ccccc43)n2)cc(-c2cccc3c2oc2ccccc23)c1. The molecule has 9 aromatic carbocycles. The highest BCUT2D eigenvalue weighted by atomic mass is 16.3. The van der Waals surface area contributed by atoms with Crippen LogP contribution in [0.2, 0.25) is 0 Å². The van der Waals surface area contributed by atoms with E-state index in [1.54, 1.807) is 0 Å². The Morgan fingerprint density at radius 2 is 1.09 bits per heavy atom. The summed E-state index contributed by atoms with van der Waals surface area (Å²) < 4.78 is 6.70. The van der Waals surface area contributed by atoms with Crippen molar-refractivity contribution in [2.75, 3.05) is 0 Å². The molecule has 2 aromatic heterocycles. The molecule has 3 nitrogen and oxygen atoms in total. The maximum Gasteiger partial charge on any atom is 0.143 e. The number of hydrogen-bond acceptors (Lipinski definition) is 3. The van der Waals surface area contributed by atoms with Crippen LogP contribution in [-0.4, -0.2) is 10.7 Å². The highest BCUT2D eigenvalue weighted by Gasteiger charge is 2.24. The molecule has 1 atom stereocenters. The monoisotopic (exact) mass is 830 g/mol. The van der Waals surface area contributed by atoms with Gasteiger partial charge in [-0.3, -0.25) is 4.99 Å². The topological polar surface area (TPSA) is 38.4 Å². The Labute approximate surface area is 378 Å². The molecule has 3 heterocycles. The lowest BCUT2D eigenvalue weighted by atomic mass is 9.84. The molecule has 0 fully saturated rings. The number of fused-ring (bicyclic) bond motifs is 6. The average molecular weight is 831 g/mol. The van der Waals surface area contributed by atoms with Crippen molar-refractivity contribution in [2.24, 2.45) is 4.99 Å². The van der Waals surface area contributed by atoms with Gasteiger partial charge in [0.15, 0.2) is 0 Å². The molecular weight excluding hydrogens is 789 g/mol. The van der Waals surface area contributed by atoms with Crippen molar-refractivity contribution in [3.63, 3.8) is 0 Å². The second-order valence-electron chi connectivity index (χ2n) is 17.0. The Balaban J connectivity index is 1.08. The van der Waals surface area contributed by atoms with Gasteiger partial charge >= 0.3 is 0 Å². The van der Waals surface area contributed by atoms with Crippen molar-refractivity contribution in [1.29, 1.82) is 0 Å². The second-order valence-corrected chi connectivity index (χ2v) is 17.0. The first kappa shape index (κ1) is 38.3. The number of furan rings is 1. The zero-order chi connectivity index (χ0) is 43.3. The van der Waals surface area contributed by atoms with Crippen LogP contribution in [0.15, 0.2) is 246 Å². The van der Waals surface area contributed by atoms with Gasteiger partial charge in [-0.05, 0) is 91.7 Å². The van der Waals surface area contributed by atoms with Crippen LogP contribution in [0, 0.1) is 0 Å². The fraction of sp³-hybridized carbons (Fsp3) is 0.0323. The van der Waals surface area contributed by atoms with E-state index in [4.69, 9.17) is 21.0 Å². The van der Waals surface area contributed by atoms with Gasteiger partial charge in [-0.2, -0.15) is 0 Å². The first-order valence-corrected chi connectivity index (χ1v) is 22.2. The summed E-state index contributed by atoms with van der Waals surface area (Å²) in [7, 11) is 0. The van der Waals surface area contributed by atoms with Crippen LogP contribution in [-0.2, 0) is 0 Å². The van der Waals surface area contributed by atoms with Crippen LogP contribution in [0.5, 0.6) is 0 Å². The van der Waals surface area contributed by atoms with E-state index in [1.165, 1.54) is 21.9 Å². The van der Waals surface area contributed by atoms with E-state index in [2.05, 4.69) is 212 Å². The molecular formula is C62H42N2O. The molecule has 0 N–H and O–H groups in total. The number of aromatic nitrogens is 1. The molecule has 1 unspecified atom stereocenters. The van der Waals surface area contributed by atoms with Gasteiger partial charge in [0.25, 0.3) is 0 Å². The number of benzene rings is 9. The number of allylic oxidation sites excluding steroid dienone is 2. The molecule has 1 aliphatic rings. The highest BCUT2D eigenvalue weighted by Crippen LogP contribution is 2.43. The van der Waals surface area contributed by atoms with Gasteiger partial charge in [-0.25, -0.2) is 4.98 Å². The van der Waals surface area contributed by atoms with Crippen molar-refractivity contribution in [2.45, 2.75) is 12.3 Å². The molecule has 0 saturated heterocycles. The van der Waals surface area contributed by atoms with Crippen molar-refractivity contribution in [3.05, 3.63) is 253 Å². The van der Waals surface area contributed by atoms with E-state index in [0.29, 0.717) is 6.42 Å². The lowest BCUT2D eigenvalue weighted by molar-refractivity contribution is 0.670. The molecule has 3 heteroatoms. The largest absolute Gasteiger partial charge is 0.455 e. The Hall–Kier alpha value is -8.40. The van der Waals surface area contributed by atoms with E-state index in [0.717, 1.165) is 100 Å². The van der Waals surface area contributed by atoms with Crippen LogP contribution in [0.25, 0.3) is 93.9 Å². The first-order valence-electron chi connectivity index (χ1n) is 22.2. The van der Waals surface area contributed by atoms with Gasteiger partial charge in [0.1, 0.15) is 11.2 Å². The third-order valence-corrected chi connectivity index (χ3v) is 12.9. The van der Waals surface area contributed by atoms with Crippen molar-refractivity contribution in [3.8, 4) is 44.6 Å². The Morgan fingerprint density at radius 1 is 0.462 bits per heavy atom. The lowest BCUT2D eigenvalue weighted by Gasteiger charge is -2.20. The summed E-state index contributed by atoms with van der Waals surface area (Å²) in [6.07, 6.45) is 2.94. The summed E-state index contributed by atoms with van der Waals surface area (Å²) in [5, 5.41) is 5.72. The molecule has 0 aliphatic carbocycles. The second kappa shape index (κ2) is 16.1. The van der Waals surface area contributed by atoms with E-state index in [1.807, 2.05) is 12.1 Å². The van der Waals surface area contributed by atoms with Gasteiger partial charge in [-0.1, -0.05) is 200 Å². The summed E-state index contributed by atoms with van der Waals surface area (Å²) in [6.45, 7) is 4.84. The van der Waals surface area contributed by atoms with Crippen LogP contribution in [0.4, 0.5) is 0 Å². The first-order chi connectivity index (χ1) is 32.1. The minimum absolute atomic E-state index is 0.171. The van der Waals surface area contributed by atoms with Crippen molar-refractivity contribution < 1.29 is 4.42 Å². The number of aliphatic imine (C=N–C) groups is 1. The van der Waals surface area contributed by atoms with Crippen LogP contribution in [0.1, 0.15) is 29.0 Å². The van der Waals surface area contributed by atoms with E-state index in [-0.39, 0.29) is 5.92 Å². The molecule has 0 saturated carbocycles. The molecule has 306 valence electrons. The predicted molar refractivity (Wildman–Crippen MR) is 272 cm³/mol. The van der Waals surface area contributed by atoms with Crippen LogP contribution < -0.4 is 0 Å². The predicted octanol–water partition coefficient (Wildman–Crippen LogP) is 16.5. The van der Waals surface area contributed by atoms with E-state index >= 15 is 0 Å². The van der Waals surface area contributed by atoms with Crippen molar-refractivity contribution in [1.82, 2.24) is 4.98 Å². The fourth-order valence-electron chi connectivity index (χ4n) is 9.69. The summed E-state index contributed by atoms with van der Waals surface area (Å²) in [6, 6.07) is 77.5. The maximum atomic E-state index is 6.70. The minimum Gasteiger partial charge on any atom is -0.455 e. The Kier molecular flexibility index (Phi) is 9.46. The molecule has 11 aromatic rings. The van der Waals surface area contributed by atoms with Gasteiger partial charge in [0, 0.05) is 39.6 Å². The zero-order valence-electron chi connectivity index (χ0n) is 35.7. The molecule has 1 aliphatic heterocycles. The van der Waals surface area contributed by atoms with E-state index in [9.17, 15) is 0 Å². The summed E-state index contributed by atoms with van der Waals surface area (Å²) in [4.78, 5) is 11.0. The number of pyridine rings is 1. The van der Waals surface area contributed by atoms with E-state index < -0.39 is 0 Å². The molecule has 0 amide bonds. The standard InChI is InChI=1S/C62H42N2O/c1-40-34-57(45-21-9-4-10-22-45)64-58(46-30-28-42(29-31-46)41-16-5-2-6-17-41)38-54(40)48-35-47(51-25-15-26-53-52-24-13-14-27-60(52)65-62(51)53)36-49(37-48)59-39-55(43-18-7-3-8-19-43)61-50-23-12-11-20-44(50)32-33-56(61)63-59/h2-33,35-39,54H,1,34H2. The fourth-order valence-corrected chi connectivity index (χ4v) is 9.69. The summed E-state index contributed by atoms with van der Waals surface area (Å²) in [5.41, 5.74) is 17.6. The number of hydrogen-bond donors (Lipinski definition) is 0. The molecule has 12 rings (SSSR count). The van der Waals surface area contributed by atoms with Gasteiger partial charge in [-0.15, -0.1) is 0 Å². The van der Waals surface area contributed by atoms with Crippen molar-refractivity contribution >= 4 is 55.0 Å². The molecule has 0 spiro atoms. The third kappa shape index (κ3) is 7.04. The number of rotatable bonds is 7. The minimum atomic E-state index is -0.171. The molecule has 0 bridgehead atoms. The summed E-state index contributed by atoms with van der Waals surface area (Å²) in [5.74, 6) is -0.171. The smallest absolute Gasteiger partial charge is 0.143 e. The normalized spacial score (nSPS) is 14.2. The van der Waals surface area contributed by atoms with Gasteiger partial charge in [0.2, 0.25) is 0 Å². The highest BCUT2D eigenvalue weighted by molar-refractivity contribution is 6.14. The molecule has 65 heavy (non-hydrogen) atoms. The molecule has 0 radical (unpaired) electrons.